The summed E-state index contributed by atoms with van der Waals surface area (Å²) in [6, 6.07) is 8.38. The molecule has 2 aromatic carbocycles. The summed E-state index contributed by atoms with van der Waals surface area (Å²) in [5, 5.41) is 0. The van der Waals surface area contributed by atoms with Gasteiger partial charge in [-0.1, -0.05) is 28.1 Å². The molecule has 0 N–H and O–H groups in total. The van der Waals surface area contributed by atoms with E-state index in [1.165, 1.54) is 18.2 Å². The fraction of sp³-hybridized carbons (Fsp3) is 0. The summed E-state index contributed by atoms with van der Waals surface area (Å²) < 4.78 is 51.7. The van der Waals surface area contributed by atoms with Gasteiger partial charge in [0.05, 0.1) is 0 Å². The predicted octanol–water partition coefficient (Wildman–Crippen LogP) is 3.56. The Hall–Kier alpha value is -1.27. The van der Waals surface area contributed by atoms with Gasteiger partial charge in [0.15, 0.2) is 0 Å². The van der Waals surface area contributed by atoms with Crippen molar-refractivity contribution in [1.82, 2.24) is 0 Å². The molecule has 0 aliphatic rings. The molecule has 0 bridgehead atoms. The van der Waals surface area contributed by atoms with Gasteiger partial charge in [-0.05, 0) is 30.3 Å². The summed E-state index contributed by atoms with van der Waals surface area (Å²) in [7, 11) is -4.19. The maximum Gasteiger partial charge on any atom is 0.212 e. The smallest absolute Gasteiger partial charge is 0.212 e. The summed E-state index contributed by atoms with van der Waals surface area (Å²) >= 11 is 3.02. The van der Waals surface area contributed by atoms with Gasteiger partial charge in [0.25, 0.3) is 0 Å². The average molecular weight is 333 g/mol. The minimum atomic E-state index is -4.19. The summed E-state index contributed by atoms with van der Waals surface area (Å²) in [5.74, 6) is -1.83. The van der Waals surface area contributed by atoms with Crippen LogP contribution in [0.3, 0.4) is 0 Å². The lowest BCUT2D eigenvalue weighted by Crippen LogP contribution is -2.06. The van der Waals surface area contributed by atoms with E-state index >= 15 is 0 Å². The van der Waals surface area contributed by atoms with Gasteiger partial charge in [-0.2, -0.15) is 0 Å². The third kappa shape index (κ3) is 2.30. The van der Waals surface area contributed by atoms with Gasteiger partial charge in [0, 0.05) is 4.47 Å². The Balaban J connectivity index is 2.66. The van der Waals surface area contributed by atoms with Gasteiger partial charge >= 0.3 is 0 Å². The second-order valence-electron chi connectivity index (χ2n) is 3.51. The van der Waals surface area contributed by atoms with Crippen LogP contribution < -0.4 is 0 Å². The minimum Gasteiger partial charge on any atom is -0.218 e. The van der Waals surface area contributed by atoms with Crippen molar-refractivity contribution < 1.29 is 17.2 Å². The SMILES string of the molecule is O=S(=O)(c1ccccc1F)c1ccc(Br)cc1F. The molecule has 0 amide bonds. The van der Waals surface area contributed by atoms with Crippen molar-refractivity contribution in [1.29, 1.82) is 0 Å². The van der Waals surface area contributed by atoms with Crippen LogP contribution in [0.1, 0.15) is 0 Å². The van der Waals surface area contributed by atoms with Crippen LogP contribution >= 0.6 is 15.9 Å². The number of sulfone groups is 1. The Morgan fingerprint density at radius 3 is 2.11 bits per heavy atom. The molecular formula is C12H7BrF2O2S. The van der Waals surface area contributed by atoms with Gasteiger partial charge in [-0.3, -0.25) is 0 Å². The van der Waals surface area contributed by atoms with Crippen molar-refractivity contribution >= 4 is 25.8 Å². The molecule has 0 spiro atoms. The van der Waals surface area contributed by atoms with Gasteiger partial charge in [-0.25, -0.2) is 17.2 Å². The number of halogens is 3. The molecule has 2 aromatic rings. The fourth-order valence-electron chi connectivity index (χ4n) is 1.47. The van der Waals surface area contributed by atoms with Crippen molar-refractivity contribution in [2.45, 2.75) is 9.79 Å². The summed E-state index contributed by atoms with van der Waals surface area (Å²) in [5.41, 5.74) is 0. The van der Waals surface area contributed by atoms with E-state index in [4.69, 9.17) is 0 Å². The lowest BCUT2D eigenvalue weighted by atomic mass is 10.3. The molecule has 94 valence electrons. The molecule has 0 aliphatic heterocycles. The maximum atomic E-state index is 13.6. The number of benzene rings is 2. The van der Waals surface area contributed by atoms with Gasteiger partial charge in [-0.15, -0.1) is 0 Å². The Morgan fingerprint density at radius 1 is 0.889 bits per heavy atom. The van der Waals surface area contributed by atoms with Crippen LogP contribution in [0.5, 0.6) is 0 Å². The minimum absolute atomic E-state index is 0.410. The summed E-state index contributed by atoms with van der Waals surface area (Å²) in [4.78, 5) is -1.08. The number of hydrogen-bond acceptors (Lipinski definition) is 2. The topological polar surface area (TPSA) is 34.1 Å². The van der Waals surface area contributed by atoms with Crippen molar-refractivity contribution in [3.63, 3.8) is 0 Å². The molecule has 0 saturated carbocycles. The van der Waals surface area contributed by atoms with E-state index in [0.29, 0.717) is 4.47 Å². The molecule has 0 heterocycles. The zero-order valence-corrected chi connectivity index (χ0v) is 11.3. The molecule has 0 unspecified atom stereocenters. The van der Waals surface area contributed by atoms with Crippen LogP contribution in [0, 0.1) is 11.6 Å². The highest BCUT2D eigenvalue weighted by atomic mass is 79.9. The zero-order chi connectivity index (χ0) is 13.3. The highest BCUT2D eigenvalue weighted by molar-refractivity contribution is 9.10. The van der Waals surface area contributed by atoms with E-state index in [1.54, 1.807) is 0 Å². The molecule has 0 atom stereocenters. The third-order valence-corrected chi connectivity index (χ3v) is 4.62. The second-order valence-corrected chi connectivity index (χ2v) is 6.31. The molecule has 6 heteroatoms. The normalized spacial score (nSPS) is 11.5. The molecule has 18 heavy (non-hydrogen) atoms. The zero-order valence-electron chi connectivity index (χ0n) is 8.90. The van der Waals surface area contributed by atoms with Gasteiger partial charge in [0.1, 0.15) is 21.4 Å². The van der Waals surface area contributed by atoms with Crippen LogP contribution in [-0.2, 0) is 9.84 Å². The van der Waals surface area contributed by atoms with Crippen LogP contribution in [-0.4, -0.2) is 8.42 Å². The van der Waals surface area contributed by atoms with Crippen molar-refractivity contribution in [3.05, 3.63) is 58.6 Å². The first kappa shape index (κ1) is 13.2. The average Bonchev–Trinajstić information content (AvgIpc) is 2.28. The standard InChI is InChI=1S/C12H7BrF2O2S/c13-8-5-6-12(10(15)7-8)18(16,17)11-4-2-1-3-9(11)14/h1-7H. The highest BCUT2D eigenvalue weighted by Gasteiger charge is 2.24. The van der Waals surface area contributed by atoms with Crippen molar-refractivity contribution in [3.8, 4) is 0 Å². The Morgan fingerprint density at radius 2 is 1.50 bits per heavy atom. The lowest BCUT2D eigenvalue weighted by Gasteiger charge is -2.06. The largest absolute Gasteiger partial charge is 0.218 e. The van der Waals surface area contributed by atoms with E-state index in [-0.39, 0.29) is 0 Å². The molecule has 0 aromatic heterocycles. The summed E-state index contributed by atoms with van der Waals surface area (Å²) in [6.45, 7) is 0. The molecule has 2 nitrogen and oxygen atoms in total. The van der Waals surface area contributed by atoms with Crippen molar-refractivity contribution in [2.24, 2.45) is 0 Å². The van der Waals surface area contributed by atoms with Gasteiger partial charge in [0.2, 0.25) is 9.84 Å². The molecule has 0 saturated heterocycles. The first-order valence-electron chi connectivity index (χ1n) is 4.87. The summed E-state index contributed by atoms with van der Waals surface area (Å²) in [6.07, 6.45) is 0. The second kappa shape index (κ2) is 4.78. The molecule has 2 rings (SSSR count). The van der Waals surface area contributed by atoms with E-state index in [9.17, 15) is 17.2 Å². The number of hydrogen-bond donors (Lipinski definition) is 0. The Kier molecular flexibility index (Phi) is 3.49. The maximum absolute atomic E-state index is 13.6. The van der Waals surface area contributed by atoms with E-state index < -0.39 is 31.3 Å². The Labute approximate surface area is 111 Å². The Bertz CT molecular complexity index is 699. The van der Waals surface area contributed by atoms with Crippen LogP contribution in [0.25, 0.3) is 0 Å². The van der Waals surface area contributed by atoms with Crippen LogP contribution in [0.15, 0.2) is 56.7 Å². The monoisotopic (exact) mass is 332 g/mol. The first-order valence-corrected chi connectivity index (χ1v) is 7.15. The van der Waals surface area contributed by atoms with Crippen molar-refractivity contribution in [2.75, 3.05) is 0 Å². The van der Waals surface area contributed by atoms with Crippen LogP contribution in [0.4, 0.5) is 8.78 Å². The predicted molar refractivity (Wildman–Crippen MR) is 66.0 cm³/mol. The van der Waals surface area contributed by atoms with E-state index in [2.05, 4.69) is 15.9 Å². The fourth-order valence-corrected chi connectivity index (χ4v) is 3.19. The van der Waals surface area contributed by atoms with E-state index in [1.807, 2.05) is 0 Å². The van der Waals surface area contributed by atoms with Crippen LogP contribution in [0.2, 0.25) is 0 Å². The third-order valence-electron chi connectivity index (χ3n) is 2.31. The van der Waals surface area contributed by atoms with E-state index in [0.717, 1.165) is 24.3 Å². The molecule has 0 fully saturated rings. The molecular weight excluding hydrogens is 326 g/mol. The first-order chi connectivity index (χ1) is 8.43. The lowest BCUT2D eigenvalue weighted by molar-refractivity contribution is 0.552. The highest BCUT2D eigenvalue weighted by Crippen LogP contribution is 2.27. The van der Waals surface area contributed by atoms with Gasteiger partial charge < -0.3 is 0 Å². The molecule has 0 aliphatic carbocycles. The molecule has 0 radical (unpaired) electrons. The number of rotatable bonds is 2. The quantitative estimate of drug-likeness (QED) is 0.842.